The largest absolute Gasteiger partial charge is 0.497 e. The van der Waals surface area contributed by atoms with Crippen LogP contribution in [0.2, 0.25) is 0 Å². The van der Waals surface area contributed by atoms with Gasteiger partial charge in [0, 0.05) is 16.3 Å². The van der Waals surface area contributed by atoms with Gasteiger partial charge in [0.05, 0.1) is 24.2 Å². The van der Waals surface area contributed by atoms with E-state index in [-0.39, 0.29) is 5.91 Å². The number of thiophene rings is 1. The van der Waals surface area contributed by atoms with Crippen molar-refractivity contribution >= 4 is 49.6 Å². The Morgan fingerprint density at radius 1 is 1.15 bits per heavy atom. The predicted molar refractivity (Wildman–Crippen MR) is 111 cm³/mol. The topological polar surface area (TPSA) is 90.1 Å². The number of benzene rings is 1. The van der Waals surface area contributed by atoms with E-state index in [1.807, 2.05) is 48.7 Å². The number of hydrogen-bond donors (Lipinski definition) is 2. The third kappa shape index (κ3) is 3.36. The highest BCUT2D eigenvalue weighted by molar-refractivity contribution is 7.21. The molecule has 0 aliphatic carbocycles. The van der Waals surface area contributed by atoms with Crippen molar-refractivity contribution in [2.24, 2.45) is 0 Å². The molecule has 136 valence electrons. The lowest BCUT2D eigenvalue weighted by molar-refractivity contribution is 0.103. The minimum Gasteiger partial charge on any atom is -0.497 e. The Hall–Kier alpha value is -2.97. The molecule has 0 saturated heterocycles. The Labute approximate surface area is 163 Å². The average Bonchev–Trinajstić information content (AvgIpc) is 3.24. The Morgan fingerprint density at radius 2 is 1.93 bits per heavy atom. The maximum Gasteiger partial charge on any atom is 0.269 e. The van der Waals surface area contributed by atoms with E-state index in [4.69, 9.17) is 10.5 Å². The van der Waals surface area contributed by atoms with Crippen molar-refractivity contribution in [3.63, 3.8) is 0 Å². The summed E-state index contributed by atoms with van der Waals surface area (Å²) in [5, 5.41) is 6.01. The van der Waals surface area contributed by atoms with Gasteiger partial charge in [-0.15, -0.1) is 22.7 Å². The molecule has 0 aliphatic rings. The van der Waals surface area contributed by atoms with Crippen LogP contribution in [0.1, 0.15) is 15.4 Å². The zero-order chi connectivity index (χ0) is 19.0. The summed E-state index contributed by atoms with van der Waals surface area (Å²) in [4.78, 5) is 22.7. The zero-order valence-corrected chi connectivity index (χ0v) is 16.3. The number of rotatable bonds is 4. The van der Waals surface area contributed by atoms with Crippen molar-refractivity contribution in [2.45, 2.75) is 6.92 Å². The molecule has 8 heteroatoms. The maximum absolute atomic E-state index is 12.6. The van der Waals surface area contributed by atoms with Gasteiger partial charge < -0.3 is 10.5 Å². The third-order valence-electron chi connectivity index (χ3n) is 4.03. The number of pyridine rings is 1. The number of amides is 1. The number of aromatic nitrogens is 2. The number of nitrogens with zero attached hydrogens (tertiary/aromatic N) is 2. The molecule has 4 aromatic rings. The minimum atomic E-state index is -0.268. The number of anilines is 2. The molecule has 4 rings (SSSR count). The molecule has 6 nitrogen and oxygen atoms in total. The number of thiazole rings is 1. The molecular formula is C19H16N4O2S2. The Kier molecular flexibility index (Phi) is 4.51. The fourth-order valence-corrected chi connectivity index (χ4v) is 4.33. The number of nitrogens with two attached hydrogens (primary N) is 1. The molecule has 0 atom stereocenters. The summed E-state index contributed by atoms with van der Waals surface area (Å²) >= 11 is 2.66. The summed E-state index contributed by atoms with van der Waals surface area (Å²) in [6.45, 7) is 1.88. The number of aryl methyl sites for hydroxylation is 1. The highest BCUT2D eigenvalue weighted by Crippen LogP contribution is 2.35. The van der Waals surface area contributed by atoms with Gasteiger partial charge in [0.25, 0.3) is 5.91 Å². The van der Waals surface area contributed by atoms with E-state index in [1.54, 1.807) is 7.11 Å². The molecule has 0 fully saturated rings. The second-order valence-corrected chi connectivity index (χ2v) is 7.73. The van der Waals surface area contributed by atoms with Gasteiger partial charge in [-0.3, -0.25) is 10.1 Å². The van der Waals surface area contributed by atoms with Gasteiger partial charge in [-0.1, -0.05) is 0 Å². The Bertz CT molecular complexity index is 1130. The van der Waals surface area contributed by atoms with Crippen LogP contribution in [-0.2, 0) is 0 Å². The van der Waals surface area contributed by atoms with Crippen molar-refractivity contribution in [2.75, 3.05) is 18.2 Å². The van der Waals surface area contributed by atoms with Crippen molar-refractivity contribution in [1.82, 2.24) is 9.97 Å². The quantitative estimate of drug-likeness (QED) is 0.527. The second-order valence-electron chi connectivity index (χ2n) is 5.87. The monoisotopic (exact) mass is 396 g/mol. The smallest absolute Gasteiger partial charge is 0.269 e. The van der Waals surface area contributed by atoms with Gasteiger partial charge in [0.2, 0.25) is 0 Å². The van der Waals surface area contributed by atoms with Gasteiger partial charge in [-0.25, -0.2) is 9.97 Å². The van der Waals surface area contributed by atoms with Gasteiger partial charge in [0.1, 0.15) is 15.5 Å². The van der Waals surface area contributed by atoms with Gasteiger partial charge in [-0.2, -0.15) is 0 Å². The molecule has 0 aliphatic heterocycles. The van der Waals surface area contributed by atoms with E-state index in [2.05, 4.69) is 15.3 Å². The Balaban J connectivity index is 1.67. The van der Waals surface area contributed by atoms with Crippen molar-refractivity contribution < 1.29 is 9.53 Å². The molecular weight excluding hydrogens is 380 g/mol. The molecule has 3 aromatic heterocycles. The van der Waals surface area contributed by atoms with Crippen LogP contribution >= 0.6 is 22.7 Å². The number of ether oxygens (including phenoxy) is 1. The van der Waals surface area contributed by atoms with Crippen LogP contribution in [0.5, 0.6) is 5.75 Å². The Morgan fingerprint density at radius 3 is 2.59 bits per heavy atom. The summed E-state index contributed by atoms with van der Waals surface area (Å²) in [7, 11) is 1.63. The minimum absolute atomic E-state index is 0.268. The average molecular weight is 396 g/mol. The number of carbonyl (C=O) groups excluding carboxylic acids is 1. The van der Waals surface area contributed by atoms with Crippen LogP contribution in [0.4, 0.5) is 10.8 Å². The first kappa shape index (κ1) is 17.4. The standard InChI is InChI=1S/C19H16N4O2S2/c1-10-9-26-19(21-10)23-17(24)16-15(20)13-7-8-14(22-18(13)27-16)11-3-5-12(25-2)6-4-11/h3-9H,20H2,1-2H3,(H,21,23,24). The van der Waals surface area contributed by atoms with E-state index in [1.165, 1.54) is 22.7 Å². The first-order valence-corrected chi connectivity index (χ1v) is 9.81. The molecule has 0 spiro atoms. The third-order valence-corrected chi connectivity index (χ3v) is 6.01. The van der Waals surface area contributed by atoms with E-state index >= 15 is 0 Å². The molecule has 0 bridgehead atoms. The lowest BCUT2D eigenvalue weighted by Gasteiger charge is -2.03. The molecule has 0 saturated carbocycles. The van der Waals surface area contributed by atoms with Crippen molar-refractivity contribution in [1.29, 1.82) is 0 Å². The summed E-state index contributed by atoms with van der Waals surface area (Å²) in [5.74, 6) is 0.521. The lowest BCUT2D eigenvalue weighted by Crippen LogP contribution is -2.11. The van der Waals surface area contributed by atoms with E-state index in [0.717, 1.165) is 32.9 Å². The highest BCUT2D eigenvalue weighted by Gasteiger charge is 2.19. The van der Waals surface area contributed by atoms with Gasteiger partial charge in [-0.05, 0) is 43.3 Å². The van der Waals surface area contributed by atoms with Crippen LogP contribution in [0, 0.1) is 6.92 Å². The van der Waals surface area contributed by atoms with E-state index in [0.29, 0.717) is 15.7 Å². The molecule has 1 aromatic carbocycles. The first-order chi connectivity index (χ1) is 13.0. The number of methoxy groups -OCH3 is 1. The molecule has 27 heavy (non-hydrogen) atoms. The number of nitrogens with one attached hydrogen (secondary N) is 1. The molecule has 0 radical (unpaired) electrons. The summed E-state index contributed by atoms with van der Waals surface area (Å²) in [5.41, 5.74) is 9.29. The summed E-state index contributed by atoms with van der Waals surface area (Å²) in [6, 6.07) is 11.5. The summed E-state index contributed by atoms with van der Waals surface area (Å²) in [6.07, 6.45) is 0. The SMILES string of the molecule is COc1ccc(-c2ccc3c(N)c(C(=O)Nc4nc(C)cs4)sc3n2)cc1. The van der Waals surface area contributed by atoms with Crippen LogP contribution in [0.25, 0.3) is 21.5 Å². The van der Waals surface area contributed by atoms with Crippen LogP contribution in [0.3, 0.4) is 0 Å². The fourth-order valence-electron chi connectivity index (χ4n) is 2.65. The van der Waals surface area contributed by atoms with Crippen molar-refractivity contribution in [3.05, 3.63) is 52.3 Å². The van der Waals surface area contributed by atoms with Gasteiger partial charge >= 0.3 is 0 Å². The number of fused-ring (bicyclic) bond motifs is 1. The molecule has 1 amide bonds. The van der Waals surface area contributed by atoms with Crippen LogP contribution in [-0.4, -0.2) is 23.0 Å². The van der Waals surface area contributed by atoms with E-state index in [9.17, 15) is 4.79 Å². The zero-order valence-electron chi connectivity index (χ0n) is 14.6. The van der Waals surface area contributed by atoms with Crippen LogP contribution < -0.4 is 15.8 Å². The van der Waals surface area contributed by atoms with Gasteiger partial charge in [0.15, 0.2) is 5.13 Å². The predicted octanol–water partition coefficient (Wildman–Crippen LogP) is 4.57. The summed E-state index contributed by atoms with van der Waals surface area (Å²) < 4.78 is 5.19. The highest BCUT2D eigenvalue weighted by atomic mass is 32.1. The number of carbonyl (C=O) groups is 1. The number of nitrogen functional groups attached to an aromatic ring is 1. The first-order valence-electron chi connectivity index (χ1n) is 8.12. The fraction of sp³-hybridized carbons (Fsp3) is 0.105. The second kappa shape index (κ2) is 6.98. The molecule has 3 heterocycles. The van der Waals surface area contributed by atoms with E-state index < -0.39 is 0 Å². The number of hydrogen-bond acceptors (Lipinski definition) is 7. The lowest BCUT2D eigenvalue weighted by atomic mass is 10.1. The van der Waals surface area contributed by atoms with Crippen molar-refractivity contribution in [3.8, 4) is 17.0 Å². The maximum atomic E-state index is 12.6. The molecule has 3 N–H and O–H groups in total. The normalized spacial score (nSPS) is 10.9. The van der Waals surface area contributed by atoms with Crippen LogP contribution in [0.15, 0.2) is 41.8 Å². The molecule has 0 unspecified atom stereocenters.